The molecule has 0 radical (unpaired) electrons. The maximum Gasteiger partial charge on any atom is 0.171 e. The van der Waals surface area contributed by atoms with Gasteiger partial charge in [0.15, 0.2) is 6.29 Å². The topological polar surface area (TPSA) is 41.8 Å². The molecule has 0 spiro atoms. The van der Waals surface area contributed by atoms with Crippen LogP contribution in [0.4, 0.5) is 0 Å². The average molecular weight is 132 g/mol. The summed E-state index contributed by atoms with van der Waals surface area (Å²) in [6, 6.07) is 0. The van der Waals surface area contributed by atoms with Gasteiger partial charge in [0.2, 0.25) is 0 Å². The molecule has 1 heterocycles. The fraction of sp³-hybridized carbons (Fsp3) is 0. The predicted octanol–water partition coefficient (Wildman–Crippen LogP) is 0.492. The summed E-state index contributed by atoms with van der Waals surface area (Å²) in [4.78, 5) is 10.3. The lowest BCUT2D eigenvalue weighted by Crippen LogP contribution is -2.03. The van der Waals surface area contributed by atoms with Crippen molar-refractivity contribution in [1.29, 1.82) is 0 Å². The highest BCUT2D eigenvalue weighted by molar-refractivity contribution is 6.48. The molecule has 0 saturated heterocycles. The molecular weight excluding hydrogens is 128 g/mol. The van der Waals surface area contributed by atoms with E-state index in [0.29, 0.717) is 5.71 Å². The van der Waals surface area contributed by atoms with Crippen molar-refractivity contribution >= 4 is 17.7 Å². The molecule has 48 valence electrons. The molecule has 1 aliphatic heterocycles. The number of carbonyl (C=O) groups excluding carboxylic acids is 1. The van der Waals surface area contributed by atoms with E-state index in [1.807, 2.05) is 18.2 Å². The number of rotatable bonds is 1. The van der Waals surface area contributed by atoms with Crippen molar-refractivity contribution < 1.29 is 4.79 Å². The minimum atomic E-state index is 0.431. The Morgan fingerprint density at radius 1 is 1.40 bits per heavy atom. The van der Waals surface area contributed by atoms with Crippen LogP contribution in [0.25, 0.3) is 0 Å². The Hall–Kier alpha value is -1.51. The molecule has 2 rings (SSSR count). The van der Waals surface area contributed by atoms with Crippen LogP contribution in [0.1, 0.15) is 0 Å². The second-order valence-corrected chi connectivity index (χ2v) is 2.03. The van der Waals surface area contributed by atoms with Crippen molar-refractivity contribution in [3.63, 3.8) is 0 Å². The van der Waals surface area contributed by atoms with Crippen molar-refractivity contribution in [2.24, 2.45) is 10.2 Å². The summed E-state index contributed by atoms with van der Waals surface area (Å²) in [6.45, 7) is 0. The summed E-state index contributed by atoms with van der Waals surface area (Å²) in [6.07, 6.45) is 6.23. The number of allylic oxidation sites excluding steroid dienone is 4. The Balaban J connectivity index is 2.46. The molecule has 0 aromatic carbocycles. The van der Waals surface area contributed by atoms with E-state index in [4.69, 9.17) is 0 Å². The number of carbonyl (C=O) groups is 1. The summed E-state index contributed by atoms with van der Waals surface area (Å²) >= 11 is 0. The van der Waals surface area contributed by atoms with Crippen LogP contribution < -0.4 is 0 Å². The van der Waals surface area contributed by atoms with Crippen molar-refractivity contribution in [3.05, 3.63) is 23.8 Å². The van der Waals surface area contributed by atoms with Crippen LogP contribution in [0.2, 0.25) is 0 Å². The van der Waals surface area contributed by atoms with E-state index >= 15 is 0 Å². The zero-order chi connectivity index (χ0) is 6.97. The Morgan fingerprint density at radius 3 is 3.10 bits per heavy atom. The third kappa shape index (κ3) is 0.515. The van der Waals surface area contributed by atoms with Crippen molar-refractivity contribution in [2.75, 3.05) is 0 Å². The van der Waals surface area contributed by atoms with Crippen LogP contribution in [-0.4, -0.2) is 17.7 Å². The Kier molecular flexibility index (Phi) is 0.917. The van der Waals surface area contributed by atoms with E-state index in [-0.39, 0.29) is 0 Å². The normalized spacial score (nSPS) is 19.8. The van der Waals surface area contributed by atoms with E-state index in [1.165, 1.54) is 0 Å². The molecule has 0 N–H and O–H groups in total. The number of aldehydes is 1. The molecule has 0 aromatic heterocycles. The van der Waals surface area contributed by atoms with Crippen LogP contribution in [-0.2, 0) is 4.79 Å². The molecule has 2 aliphatic rings. The highest BCUT2D eigenvalue weighted by Crippen LogP contribution is 2.15. The van der Waals surface area contributed by atoms with Crippen LogP contribution in [0.3, 0.4) is 0 Å². The fourth-order valence-corrected chi connectivity index (χ4v) is 0.963. The minimum Gasteiger partial charge on any atom is -0.296 e. The van der Waals surface area contributed by atoms with Crippen molar-refractivity contribution in [1.82, 2.24) is 0 Å². The summed E-state index contributed by atoms with van der Waals surface area (Å²) in [5, 5.41) is 7.42. The van der Waals surface area contributed by atoms with E-state index in [0.717, 1.165) is 17.6 Å². The van der Waals surface area contributed by atoms with E-state index in [2.05, 4.69) is 10.2 Å². The molecule has 0 atom stereocenters. The molecule has 3 heteroatoms. The molecule has 10 heavy (non-hydrogen) atoms. The van der Waals surface area contributed by atoms with Crippen molar-refractivity contribution in [2.45, 2.75) is 0 Å². The third-order valence-corrected chi connectivity index (χ3v) is 1.45. The highest BCUT2D eigenvalue weighted by atomic mass is 16.1. The monoisotopic (exact) mass is 132 g/mol. The largest absolute Gasteiger partial charge is 0.296 e. The zero-order valence-corrected chi connectivity index (χ0v) is 5.11. The molecule has 0 amide bonds. The minimum absolute atomic E-state index is 0.431. The van der Waals surface area contributed by atoms with Gasteiger partial charge in [0.05, 0.1) is 5.71 Å². The van der Waals surface area contributed by atoms with Crippen LogP contribution in [0.5, 0.6) is 0 Å². The van der Waals surface area contributed by atoms with Gasteiger partial charge in [0, 0.05) is 5.57 Å². The molecule has 0 unspecified atom stereocenters. The fourth-order valence-electron chi connectivity index (χ4n) is 0.963. The predicted molar refractivity (Wildman–Crippen MR) is 38.2 cm³/mol. The van der Waals surface area contributed by atoms with Gasteiger partial charge in [-0.2, -0.15) is 0 Å². The first kappa shape index (κ1) is 5.29. The van der Waals surface area contributed by atoms with E-state index in [1.54, 1.807) is 0 Å². The SMILES string of the molecule is O=CC1=NN=C2C=CC=C12. The van der Waals surface area contributed by atoms with Gasteiger partial charge in [-0.25, -0.2) is 0 Å². The first-order chi connectivity index (χ1) is 4.92. The Bertz CT molecular complexity index is 308. The number of hydrogen-bond donors (Lipinski definition) is 0. The lowest BCUT2D eigenvalue weighted by molar-refractivity contribution is -0.102. The van der Waals surface area contributed by atoms with Gasteiger partial charge in [0.1, 0.15) is 5.71 Å². The Labute approximate surface area is 57.5 Å². The second kappa shape index (κ2) is 1.73. The van der Waals surface area contributed by atoms with Gasteiger partial charge in [-0.05, 0) is 6.08 Å². The van der Waals surface area contributed by atoms with Crippen LogP contribution >= 0.6 is 0 Å². The average Bonchev–Trinajstić information content (AvgIpc) is 2.44. The van der Waals surface area contributed by atoms with Gasteiger partial charge in [-0.15, -0.1) is 10.2 Å². The number of nitrogens with zero attached hydrogens (tertiary/aromatic N) is 2. The van der Waals surface area contributed by atoms with E-state index in [9.17, 15) is 4.79 Å². The van der Waals surface area contributed by atoms with Gasteiger partial charge >= 0.3 is 0 Å². The molecule has 0 bridgehead atoms. The smallest absolute Gasteiger partial charge is 0.171 e. The maximum atomic E-state index is 10.3. The van der Waals surface area contributed by atoms with Gasteiger partial charge in [0.25, 0.3) is 0 Å². The molecule has 0 fully saturated rings. The number of hydrogen-bond acceptors (Lipinski definition) is 3. The van der Waals surface area contributed by atoms with Crippen LogP contribution in [0, 0.1) is 0 Å². The van der Waals surface area contributed by atoms with Gasteiger partial charge < -0.3 is 0 Å². The highest BCUT2D eigenvalue weighted by Gasteiger charge is 2.18. The molecule has 0 saturated carbocycles. The third-order valence-electron chi connectivity index (χ3n) is 1.45. The lowest BCUT2D eigenvalue weighted by Gasteiger charge is -1.87. The van der Waals surface area contributed by atoms with E-state index < -0.39 is 0 Å². The molecular formula is C7H4N2O. The Morgan fingerprint density at radius 2 is 2.30 bits per heavy atom. The molecule has 1 aliphatic carbocycles. The summed E-state index contributed by atoms with van der Waals surface area (Å²) < 4.78 is 0. The molecule has 0 aromatic rings. The first-order valence-corrected chi connectivity index (χ1v) is 2.92. The van der Waals surface area contributed by atoms with Gasteiger partial charge in [-0.1, -0.05) is 12.2 Å². The molecule has 3 nitrogen and oxygen atoms in total. The zero-order valence-electron chi connectivity index (χ0n) is 5.11. The standard InChI is InChI=1S/C7H4N2O/c10-4-7-5-2-1-3-6(5)8-9-7/h1-4H. The second-order valence-electron chi connectivity index (χ2n) is 2.03. The summed E-state index contributed by atoms with van der Waals surface area (Å²) in [7, 11) is 0. The quantitative estimate of drug-likeness (QED) is 0.479. The lowest BCUT2D eigenvalue weighted by atomic mass is 10.1. The van der Waals surface area contributed by atoms with Crippen molar-refractivity contribution in [3.8, 4) is 0 Å². The maximum absolute atomic E-state index is 10.3. The first-order valence-electron chi connectivity index (χ1n) is 2.92. The van der Waals surface area contributed by atoms with Gasteiger partial charge in [-0.3, -0.25) is 4.79 Å². The number of fused-ring (bicyclic) bond motifs is 1. The summed E-state index contributed by atoms with van der Waals surface area (Å²) in [5.74, 6) is 0. The summed E-state index contributed by atoms with van der Waals surface area (Å²) in [5.41, 5.74) is 2.07. The van der Waals surface area contributed by atoms with Crippen LogP contribution in [0.15, 0.2) is 34.0 Å².